The van der Waals surface area contributed by atoms with E-state index in [1.807, 2.05) is 0 Å². The van der Waals surface area contributed by atoms with Gasteiger partial charge in [-0.1, -0.05) is 29.3 Å². The number of hydrogen-bond acceptors (Lipinski definition) is 1. The van der Waals surface area contributed by atoms with Crippen LogP contribution < -0.4 is 0 Å². The van der Waals surface area contributed by atoms with Gasteiger partial charge in [0.25, 0.3) is 0 Å². The lowest BCUT2D eigenvalue weighted by molar-refractivity contribution is 0.175. The molecule has 0 spiro atoms. The van der Waals surface area contributed by atoms with Crippen molar-refractivity contribution in [2.45, 2.75) is 18.9 Å². The fraction of sp³-hybridized carbons (Fsp3) is 0.200. The lowest BCUT2D eigenvalue weighted by Gasteiger charge is -2.12. The third-order valence-electron chi connectivity index (χ3n) is 2.92. The third-order valence-corrected chi connectivity index (χ3v) is 3.52. The molecular weight excluding hydrogens is 305 g/mol. The summed E-state index contributed by atoms with van der Waals surface area (Å²) in [4.78, 5) is 0. The van der Waals surface area contributed by atoms with E-state index in [1.165, 1.54) is 6.07 Å². The van der Waals surface area contributed by atoms with E-state index >= 15 is 0 Å². The summed E-state index contributed by atoms with van der Waals surface area (Å²) in [5.74, 6) is -1.82. The molecule has 1 atom stereocenters. The lowest BCUT2D eigenvalue weighted by Crippen LogP contribution is -2.14. The summed E-state index contributed by atoms with van der Waals surface area (Å²) in [6.45, 7) is 0. The Bertz CT molecular complexity index is 617. The van der Waals surface area contributed by atoms with Gasteiger partial charge in [0.05, 0.1) is 6.10 Å². The lowest BCUT2D eigenvalue weighted by atomic mass is 10.0. The molecule has 5 heteroatoms. The van der Waals surface area contributed by atoms with Crippen molar-refractivity contribution in [3.05, 3.63) is 69.2 Å². The highest BCUT2D eigenvalue weighted by Gasteiger charge is 2.11. The molecule has 0 amide bonds. The zero-order chi connectivity index (χ0) is 14.7. The number of aliphatic hydroxyl groups excluding tert-OH is 1. The average molecular weight is 317 g/mol. The fourth-order valence-electron chi connectivity index (χ4n) is 1.96. The second-order valence-electron chi connectivity index (χ2n) is 4.55. The van der Waals surface area contributed by atoms with E-state index in [1.54, 1.807) is 18.2 Å². The largest absolute Gasteiger partial charge is 0.392 e. The van der Waals surface area contributed by atoms with Gasteiger partial charge < -0.3 is 5.11 Å². The Kier molecular flexibility index (Phi) is 4.97. The Morgan fingerprint density at radius 1 is 0.950 bits per heavy atom. The summed E-state index contributed by atoms with van der Waals surface area (Å²) in [5, 5.41) is 11.1. The van der Waals surface area contributed by atoms with Crippen LogP contribution in [0.5, 0.6) is 0 Å². The first-order valence-electron chi connectivity index (χ1n) is 6.01. The maximum absolute atomic E-state index is 13.1. The molecule has 0 heterocycles. The first-order chi connectivity index (χ1) is 9.45. The van der Waals surface area contributed by atoms with Crippen molar-refractivity contribution < 1.29 is 13.9 Å². The molecule has 0 radical (unpaired) electrons. The monoisotopic (exact) mass is 316 g/mol. The Labute approximate surface area is 125 Å². The summed E-state index contributed by atoms with van der Waals surface area (Å²) in [6, 6.07) is 8.57. The molecule has 0 saturated heterocycles. The van der Waals surface area contributed by atoms with Gasteiger partial charge in [-0.3, -0.25) is 0 Å². The highest BCUT2D eigenvalue weighted by atomic mass is 35.5. The number of rotatable bonds is 4. The second-order valence-corrected chi connectivity index (χ2v) is 5.39. The van der Waals surface area contributed by atoms with Crippen LogP contribution in [0, 0.1) is 11.6 Å². The first kappa shape index (κ1) is 15.2. The molecule has 0 fully saturated rings. The Morgan fingerprint density at radius 3 is 2.40 bits per heavy atom. The van der Waals surface area contributed by atoms with Crippen molar-refractivity contribution >= 4 is 23.2 Å². The summed E-state index contributed by atoms with van der Waals surface area (Å²) in [6.07, 6.45) is -0.255. The number of halogens is 4. The van der Waals surface area contributed by atoms with Crippen LogP contribution in [0.25, 0.3) is 0 Å². The molecule has 1 unspecified atom stereocenters. The molecule has 2 rings (SSSR count). The molecule has 0 aliphatic carbocycles. The van der Waals surface area contributed by atoms with Crippen molar-refractivity contribution in [1.82, 2.24) is 0 Å². The standard InChI is InChI=1S/C15H12Cl2F2O/c16-11-2-3-13(17)10(7-11)8-12(20)5-9-1-4-14(18)15(19)6-9/h1-4,6-7,12,20H,5,8H2. The van der Waals surface area contributed by atoms with E-state index in [2.05, 4.69) is 0 Å². The quantitative estimate of drug-likeness (QED) is 0.885. The van der Waals surface area contributed by atoms with Crippen LogP contribution in [0.2, 0.25) is 10.0 Å². The zero-order valence-electron chi connectivity index (χ0n) is 10.4. The van der Waals surface area contributed by atoms with E-state index in [9.17, 15) is 13.9 Å². The van der Waals surface area contributed by atoms with E-state index in [4.69, 9.17) is 23.2 Å². The van der Waals surface area contributed by atoms with E-state index in [0.29, 0.717) is 27.6 Å². The molecule has 20 heavy (non-hydrogen) atoms. The zero-order valence-corrected chi connectivity index (χ0v) is 11.9. The Hall–Kier alpha value is -1.16. The molecule has 0 aromatic heterocycles. The molecule has 106 valence electrons. The summed E-state index contributed by atoms with van der Waals surface area (Å²) in [7, 11) is 0. The van der Waals surface area contributed by atoms with Gasteiger partial charge in [0, 0.05) is 16.5 Å². The minimum atomic E-state index is -0.921. The Balaban J connectivity index is 2.06. The minimum Gasteiger partial charge on any atom is -0.392 e. The summed E-state index contributed by atoms with van der Waals surface area (Å²) < 4.78 is 25.9. The van der Waals surface area contributed by atoms with Gasteiger partial charge >= 0.3 is 0 Å². The third kappa shape index (κ3) is 3.92. The van der Waals surface area contributed by atoms with Gasteiger partial charge in [-0.05, 0) is 47.9 Å². The van der Waals surface area contributed by atoms with E-state index in [-0.39, 0.29) is 6.42 Å². The first-order valence-corrected chi connectivity index (χ1v) is 6.77. The predicted molar refractivity (Wildman–Crippen MR) is 76.2 cm³/mol. The van der Waals surface area contributed by atoms with Crippen LogP contribution in [0.3, 0.4) is 0 Å². The maximum atomic E-state index is 13.1. The van der Waals surface area contributed by atoms with Gasteiger partial charge in [0.2, 0.25) is 0 Å². The minimum absolute atomic E-state index is 0.208. The SMILES string of the molecule is OC(Cc1ccc(F)c(F)c1)Cc1cc(Cl)ccc1Cl. The van der Waals surface area contributed by atoms with Crippen LogP contribution in [0.1, 0.15) is 11.1 Å². The van der Waals surface area contributed by atoms with E-state index < -0.39 is 17.7 Å². The predicted octanol–water partition coefficient (Wildman–Crippen LogP) is 4.42. The van der Waals surface area contributed by atoms with Crippen molar-refractivity contribution in [3.8, 4) is 0 Å². The fourth-order valence-corrected chi connectivity index (χ4v) is 2.35. The van der Waals surface area contributed by atoms with Crippen molar-refractivity contribution in [2.24, 2.45) is 0 Å². The average Bonchev–Trinajstić information content (AvgIpc) is 2.38. The molecule has 2 aromatic rings. The summed E-state index contributed by atoms with van der Waals surface area (Å²) in [5.41, 5.74) is 1.24. The molecule has 1 nitrogen and oxygen atoms in total. The maximum Gasteiger partial charge on any atom is 0.159 e. The van der Waals surface area contributed by atoms with Gasteiger partial charge in [0.15, 0.2) is 11.6 Å². The van der Waals surface area contributed by atoms with Crippen molar-refractivity contribution in [3.63, 3.8) is 0 Å². The molecule has 2 aromatic carbocycles. The number of aliphatic hydroxyl groups is 1. The number of hydrogen-bond donors (Lipinski definition) is 1. The van der Waals surface area contributed by atoms with Crippen LogP contribution in [-0.4, -0.2) is 11.2 Å². The normalized spacial score (nSPS) is 12.4. The van der Waals surface area contributed by atoms with Crippen LogP contribution >= 0.6 is 23.2 Å². The summed E-state index contributed by atoms with van der Waals surface area (Å²) >= 11 is 11.9. The Morgan fingerprint density at radius 2 is 1.70 bits per heavy atom. The van der Waals surface area contributed by atoms with Gasteiger partial charge in [-0.15, -0.1) is 0 Å². The van der Waals surface area contributed by atoms with Gasteiger partial charge in [-0.2, -0.15) is 0 Å². The smallest absolute Gasteiger partial charge is 0.159 e. The molecule has 0 aliphatic heterocycles. The van der Waals surface area contributed by atoms with Gasteiger partial charge in [-0.25, -0.2) is 8.78 Å². The highest BCUT2D eigenvalue weighted by Crippen LogP contribution is 2.22. The molecular formula is C15H12Cl2F2O. The van der Waals surface area contributed by atoms with Gasteiger partial charge in [0.1, 0.15) is 0 Å². The van der Waals surface area contributed by atoms with Crippen molar-refractivity contribution in [2.75, 3.05) is 0 Å². The van der Waals surface area contributed by atoms with E-state index in [0.717, 1.165) is 12.1 Å². The van der Waals surface area contributed by atoms with Crippen LogP contribution in [0.15, 0.2) is 36.4 Å². The van der Waals surface area contributed by atoms with Crippen LogP contribution in [0.4, 0.5) is 8.78 Å². The topological polar surface area (TPSA) is 20.2 Å². The second kappa shape index (κ2) is 6.53. The molecule has 0 bridgehead atoms. The molecule has 1 N–H and O–H groups in total. The highest BCUT2D eigenvalue weighted by molar-refractivity contribution is 6.33. The molecule has 0 saturated carbocycles. The number of benzene rings is 2. The van der Waals surface area contributed by atoms with Crippen molar-refractivity contribution in [1.29, 1.82) is 0 Å². The molecule has 0 aliphatic rings. The van der Waals surface area contributed by atoms with Crippen LogP contribution in [-0.2, 0) is 12.8 Å².